The molecule has 0 aliphatic carbocycles. The summed E-state index contributed by atoms with van der Waals surface area (Å²) in [5, 5.41) is 4.34. The lowest BCUT2D eigenvalue weighted by Crippen LogP contribution is -2.48. The number of carbonyl (C=O) groups is 1. The lowest BCUT2D eigenvalue weighted by Gasteiger charge is -2.39. The third-order valence-electron chi connectivity index (χ3n) is 5.08. The van der Waals surface area contributed by atoms with Gasteiger partial charge in [-0.25, -0.2) is 4.39 Å². The van der Waals surface area contributed by atoms with E-state index in [0.717, 1.165) is 25.7 Å². The molecular formula is C18H20FN3O2. The van der Waals surface area contributed by atoms with E-state index in [1.807, 2.05) is 21.8 Å². The first-order valence-electron chi connectivity index (χ1n) is 8.40. The van der Waals surface area contributed by atoms with Crippen molar-refractivity contribution in [2.45, 2.75) is 43.8 Å². The maximum atomic E-state index is 13.6. The predicted octanol–water partition coefficient (Wildman–Crippen LogP) is 2.80. The quantitative estimate of drug-likeness (QED) is 0.866. The van der Waals surface area contributed by atoms with Crippen molar-refractivity contribution in [3.63, 3.8) is 0 Å². The van der Waals surface area contributed by atoms with Crippen molar-refractivity contribution >= 4 is 5.91 Å². The number of rotatable bonds is 4. The van der Waals surface area contributed by atoms with E-state index < -0.39 is 5.82 Å². The van der Waals surface area contributed by atoms with Crippen molar-refractivity contribution in [1.82, 2.24) is 14.7 Å². The van der Waals surface area contributed by atoms with Crippen LogP contribution in [0.5, 0.6) is 5.75 Å². The van der Waals surface area contributed by atoms with Crippen LogP contribution < -0.4 is 4.74 Å². The molecule has 2 aromatic rings. The molecule has 24 heavy (non-hydrogen) atoms. The Kier molecular flexibility index (Phi) is 3.96. The van der Waals surface area contributed by atoms with Gasteiger partial charge < -0.3 is 9.64 Å². The lowest BCUT2D eigenvalue weighted by atomic mass is 9.97. The van der Waals surface area contributed by atoms with E-state index in [4.69, 9.17) is 4.74 Å². The average molecular weight is 329 g/mol. The molecule has 0 N–H and O–H groups in total. The van der Waals surface area contributed by atoms with Crippen LogP contribution >= 0.6 is 0 Å². The molecule has 0 spiro atoms. The second kappa shape index (κ2) is 6.26. The van der Waals surface area contributed by atoms with Gasteiger partial charge >= 0.3 is 0 Å². The Morgan fingerprint density at radius 3 is 2.58 bits per heavy atom. The molecule has 1 aromatic heterocycles. The molecule has 0 saturated carbocycles. The van der Waals surface area contributed by atoms with Gasteiger partial charge in [0.05, 0.1) is 6.04 Å². The zero-order valence-corrected chi connectivity index (χ0v) is 13.3. The Hall–Kier alpha value is -2.37. The molecule has 2 saturated heterocycles. The Morgan fingerprint density at radius 2 is 1.92 bits per heavy atom. The summed E-state index contributed by atoms with van der Waals surface area (Å²) in [5.41, 5.74) is 0. The van der Waals surface area contributed by atoms with Gasteiger partial charge in [0.25, 0.3) is 5.91 Å². The third kappa shape index (κ3) is 2.77. The Morgan fingerprint density at radius 1 is 1.17 bits per heavy atom. The molecular weight excluding hydrogens is 309 g/mol. The van der Waals surface area contributed by atoms with Crippen LogP contribution in [-0.4, -0.2) is 39.3 Å². The number of hydrogen-bond donors (Lipinski definition) is 0. The van der Waals surface area contributed by atoms with Gasteiger partial charge in [-0.05, 0) is 43.9 Å². The van der Waals surface area contributed by atoms with Gasteiger partial charge in [0, 0.05) is 24.5 Å². The van der Waals surface area contributed by atoms with Crippen LogP contribution in [0.15, 0.2) is 42.7 Å². The third-order valence-corrected chi connectivity index (χ3v) is 5.08. The molecule has 0 radical (unpaired) electrons. The van der Waals surface area contributed by atoms with Crippen molar-refractivity contribution in [1.29, 1.82) is 0 Å². The number of amides is 1. The van der Waals surface area contributed by atoms with E-state index in [1.165, 1.54) is 6.07 Å². The first kappa shape index (κ1) is 15.2. The number of ether oxygens (including phenoxy) is 1. The molecule has 1 amide bonds. The monoisotopic (exact) mass is 329 g/mol. The minimum Gasteiger partial charge on any atom is -0.481 e. The summed E-state index contributed by atoms with van der Waals surface area (Å²) in [5.74, 6) is -0.361. The number of benzene rings is 1. The van der Waals surface area contributed by atoms with E-state index in [-0.39, 0.29) is 30.3 Å². The second-order valence-electron chi connectivity index (χ2n) is 6.52. The molecule has 2 unspecified atom stereocenters. The zero-order chi connectivity index (χ0) is 16.5. The standard InChI is InChI=1S/C18H20FN3O2/c19-16-4-1-2-5-17(16)24-12-18(23)22-13-6-7-14(22)11-15(10-13)21-9-3-8-20-21/h1-5,8-9,13-15H,6-7,10-12H2. The SMILES string of the molecule is O=C(COc1ccccc1F)N1C2CCC1CC(n1cccn1)C2. The average Bonchev–Trinajstić information content (AvgIpc) is 3.21. The normalized spacial score (nSPS) is 25.7. The van der Waals surface area contributed by atoms with E-state index in [9.17, 15) is 9.18 Å². The van der Waals surface area contributed by atoms with Crippen molar-refractivity contribution in [2.24, 2.45) is 0 Å². The summed E-state index contributed by atoms with van der Waals surface area (Å²) in [4.78, 5) is 14.6. The molecule has 4 rings (SSSR count). The summed E-state index contributed by atoms with van der Waals surface area (Å²) >= 11 is 0. The van der Waals surface area contributed by atoms with E-state index >= 15 is 0 Å². The van der Waals surface area contributed by atoms with E-state index in [2.05, 4.69) is 5.10 Å². The lowest BCUT2D eigenvalue weighted by molar-refractivity contribution is -0.138. The fraction of sp³-hybridized carbons (Fsp3) is 0.444. The highest BCUT2D eigenvalue weighted by Crippen LogP contribution is 2.40. The number of nitrogens with zero attached hydrogens (tertiary/aromatic N) is 3. The highest BCUT2D eigenvalue weighted by atomic mass is 19.1. The van der Waals surface area contributed by atoms with Gasteiger partial charge in [0.15, 0.2) is 18.2 Å². The summed E-state index contributed by atoms with van der Waals surface area (Å²) in [7, 11) is 0. The number of halogens is 1. The number of piperidine rings is 1. The van der Waals surface area contributed by atoms with Gasteiger partial charge in [-0.1, -0.05) is 12.1 Å². The first-order chi connectivity index (χ1) is 11.7. The van der Waals surface area contributed by atoms with Crippen LogP contribution in [0, 0.1) is 5.82 Å². The summed E-state index contributed by atoms with van der Waals surface area (Å²) < 4.78 is 21.0. The molecule has 3 heterocycles. The Labute approximate surface area is 140 Å². The first-order valence-corrected chi connectivity index (χ1v) is 8.40. The number of para-hydroxylation sites is 1. The molecule has 5 nitrogen and oxygen atoms in total. The van der Waals surface area contributed by atoms with Crippen molar-refractivity contribution in [3.05, 3.63) is 48.5 Å². The van der Waals surface area contributed by atoms with Gasteiger partial charge in [-0.3, -0.25) is 9.48 Å². The maximum absolute atomic E-state index is 13.6. The highest BCUT2D eigenvalue weighted by molar-refractivity contribution is 5.79. The molecule has 2 atom stereocenters. The van der Waals surface area contributed by atoms with Crippen LogP contribution in [0.2, 0.25) is 0 Å². The maximum Gasteiger partial charge on any atom is 0.261 e. The van der Waals surface area contributed by atoms with Crippen LogP contribution in [-0.2, 0) is 4.79 Å². The Balaban J connectivity index is 1.40. The van der Waals surface area contributed by atoms with Gasteiger partial charge in [-0.2, -0.15) is 5.10 Å². The minimum absolute atomic E-state index is 0.0512. The zero-order valence-electron chi connectivity index (χ0n) is 13.3. The van der Waals surface area contributed by atoms with E-state index in [0.29, 0.717) is 6.04 Å². The fourth-order valence-corrected chi connectivity index (χ4v) is 4.04. The van der Waals surface area contributed by atoms with Gasteiger partial charge in [-0.15, -0.1) is 0 Å². The number of fused-ring (bicyclic) bond motifs is 2. The molecule has 1 aromatic carbocycles. The van der Waals surface area contributed by atoms with E-state index in [1.54, 1.807) is 24.4 Å². The van der Waals surface area contributed by atoms with Crippen LogP contribution in [0.1, 0.15) is 31.7 Å². The molecule has 6 heteroatoms. The fourth-order valence-electron chi connectivity index (χ4n) is 4.04. The summed E-state index contributed by atoms with van der Waals surface area (Å²) in [6.45, 7) is -0.111. The molecule has 2 fully saturated rings. The number of hydrogen-bond acceptors (Lipinski definition) is 3. The van der Waals surface area contributed by atoms with Crippen LogP contribution in [0.4, 0.5) is 4.39 Å². The van der Waals surface area contributed by atoms with Crippen LogP contribution in [0.3, 0.4) is 0 Å². The Bertz CT molecular complexity index is 705. The summed E-state index contributed by atoms with van der Waals surface area (Å²) in [6.07, 6.45) is 7.67. The minimum atomic E-state index is -0.439. The van der Waals surface area contributed by atoms with Crippen molar-refractivity contribution < 1.29 is 13.9 Å². The largest absolute Gasteiger partial charge is 0.481 e. The molecule has 2 aliphatic heterocycles. The highest BCUT2D eigenvalue weighted by Gasteiger charge is 2.43. The van der Waals surface area contributed by atoms with Gasteiger partial charge in [0.2, 0.25) is 0 Å². The molecule has 126 valence electrons. The molecule has 2 bridgehead atoms. The molecule has 2 aliphatic rings. The predicted molar refractivity (Wildman–Crippen MR) is 86.0 cm³/mol. The van der Waals surface area contributed by atoms with Gasteiger partial charge in [0.1, 0.15) is 0 Å². The van der Waals surface area contributed by atoms with Crippen LogP contribution in [0.25, 0.3) is 0 Å². The summed E-state index contributed by atoms with van der Waals surface area (Å²) in [6, 6.07) is 8.92. The number of carbonyl (C=O) groups excluding carboxylic acids is 1. The van der Waals surface area contributed by atoms with Crippen molar-refractivity contribution in [2.75, 3.05) is 6.61 Å². The number of aromatic nitrogens is 2. The topological polar surface area (TPSA) is 47.4 Å². The second-order valence-corrected chi connectivity index (χ2v) is 6.52. The van der Waals surface area contributed by atoms with Crippen molar-refractivity contribution in [3.8, 4) is 5.75 Å². The smallest absolute Gasteiger partial charge is 0.261 e.